The van der Waals surface area contributed by atoms with Crippen LogP contribution >= 0.6 is 23.2 Å². The Labute approximate surface area is 195 Å². The third-order valence-electron chi connectivity index (χ3n) is 5.43. The SMILES string of the molecule is Cc1cc(C2=NO[C@@](c3cc(Cl)cc(Cl)c3)(C(F)(F)F)C2)ccc1C(=O)NC1C[S+]([O-])C1. The van der Waals surface area contributed by atoms with Gasteiger partial charge in [-0.1, -0.05) is 34.4 Å². The maximum Gasteiger partial charge on any atom is 0.435 e. The summed E-state index contributed by atoms with van der Waals surface area (Å²) >= 11 is 10.9. The van der Waals surface area contributed by atoms with Crippen molar-refractivity contribution < 1.29 is 27.4 Å². The molecule has 1 atom stereocenters. The van der Waals surface area contributed by atoms with Gasteiger partial charge in [-0.05, 0) is 59.6 Å². The average Bonchev–Trinajstić information content (AvgIpc) is 3.12. The summed E-state index contributed by atoms with van der Waals surface area (Å²) in [5.74, 6) is 0.521. The minimum atomic E-state index is -4.79. The average molecular weight is 505 g/mol. The van der Waals surface area contributed by atoms with Crippen molar-refractivity contribution in [2.24, 2.45) is 5.16 Å². The molecule has 0 spiro atoms. The van der Waals surface area contributed by atoms with Gasteiger partial charge in [-0.15, -0.1) is 0 Å². The largest absolute Gasteiger partial charge is 0.616 e. The molecule has 2 aromatic carbocycles. The second-order valence-corrected chi connectivity index (χ2v) is 10.2. The number of benzene rings is 2. The predicted octanol–water partition coefficient (Wildman–Crippen LogP) is 4.74. The lowest BCUT2D eigenvalue weighted by Gasteiger charge is -2.29. The number of hydrogen-bond acceptors (Lipinski definition) is 4. The number of oxime groups is 1. The monoisotopic (exact) mass is 504 g/mol. The molecule has 0 bridgehead atoms. The van der Waals surface area contributed by atoms with Gasteiger partial charge in [0, 0.05) is 27.6 Å². The van der Waals surface area contributed by atoms with Gasteiger partial charge in [0.05, 0.1) is 5.71 Å². The van der Waals surface area contributed by atoms with Gasteiger partial charge in [-0.3, -0.25) is 4.79 Å². The van der Waals surface area contributed by atoms with E-state index in [4.69, 9.17) is 28.0 Å². The van der Waals surface area contributed by atoms with Crippen LogP contribution in [0, 0.1) is 6.92 Å². The summed E-state index contributed by atoms with van der Waals surface area (Å²) in [7, 11) is 0. The maximum atomic E-state index is 14.1. The van der Waals surface area contributed by atoms with E-state index in [1.807, 2.05) is 0 Å². The summed E-state index contributed by atoms with van der Waals surface area (Å²) in [4.78, 5) is 17.5. The standard InChI is InChI=1S/C21H17Cl2F3N2O3S/c1-11-4-12(2-3-17(11)19(29)27-16-9-32(30)10-16)18-8-20(31-28-18,21(24,25)26)13-5-14(22)7-15(23)6-13/h2-7,16H,8-10H2,1H3,(H,27,29)/t16?,20-,32?/m0/s1. The van der Waals surface area contributed by atoms with Crippen molar-refractivity contribution in [3.05, 3.63) is 68.7 Å². The maximum absolute atomic E-state index is 14.1. The van der Waals surface area contributed by atoms with Gasteiger partial charge in [-0.2, -0.15) is 13.2 Å². The van der Waals surface area contributed by atoms with Crippen molar-refractivity contribution >= 4 is 46.0 Å². The van der Waals surface area contributed by atoms with Crippen molar-refractivity contribution in [3.8, 4) is 0 Å². The van der Waals surface area contributed by atoms with Crippen molar-refractivity contribution in [1.29, 1.82) is 0 Å². The minimum Gasteiger partial charge on any atom is -0.616 e. The zero-order chi connectivity index (χ0) is 23.3. The lowest BCUT2D eigenvalue weighted by Crippen LogP contribution is -2.53. The molecule has 32 heavy (non-hydrogen) atoms. The van der Waals surface area contributed by atoms with Gasteiger partial charge in [0.2, 0.25) is 0 Å². The fourth-order valence-electron chi connectivity index (χ4n) is 3.69. The van der Waals surface area contributed by atoms with Gasteiger partial charge in [0.1, 0.15) is 17.5 Å². The van der Waals surface area contributed by atoms with E-state index < -0.39 is 29.4 Å². The highest BCUT2D eigenvalue weighted by molar-refractivity contribution is 7.92. The van der Waals surface area contributed by atoms with Crippen molar-refractivity contribution in [1.82, 2.24) is 5.32 Å². The molecule has 0 radical (unpaired) electrons. The summed E-state index contributed by atoms with van der Waals surface area (Å²) in [6.07, 6.45) is -5.37. The number of aryl methyl sites for hydroxylation is 1. The molecule has 1 N–H and O–H groups in total. The Balaban J connectivity index is 1.58. The van der Waals surface area contributed by atoms with Crippen LogP contribution in [0.5, 0.6) is 0 Å². The summed E-state index contributed by atoms with van der Waals surface area (Å²) < 4.78 is 53.6. The van der Waals surface area contributed by atoms with Crippen LogP contribution in [0.2, 0.25) is 10.0 Å². The van der Waals surface area contributed by atoms with E-state index >= 15 is 0 Å². The van der Waals surface area contributed by atoms with Crippen LogP contribution in [-0.4, -0.2) is 39.9 Å². The van der Waals surface area contributed by atoms with E-state index in [9.17, 15) is 22.5 Å². The Bertz CT molecular complexity index is 1090. The number of amides is 1. The molecule has 4 rings (SSSR count). The van der Waals surface area contributed by atoms with Crippen LogP contribution in [0.4, 0.5) is 13.2 Å². The molecular formula is C21H17Cl2F3N2O3S. The summed E-state index contributed by atoms with van der Waals surface area (Å²) in [6.45, 7) is 1.68. The molecule has 0 aliphatic carbocycles. The number of carbonyl (C=O) groups is 1. The van der Waals surface area contributed by atoms with E-state index in [-0.39, 0.29) is 33.3 Å². The molecule has 0 saturated carbocycles. The number of nitrogens with one attached hydrogen (secondary N) is 1. The van der Waals surface area contributed by atoms with Crippen molar-refractivity contribution in [2.45, 2.75) is 31.2 Å². The predicted molar refractivity (Wildman–Crippen MR) is 117 cm³/mol. The molecule has 11 heteroatoms. The summed E-state index contributed by atoms with van der Waals surface area (Å²) in [6, 6.07) is 8.17. The quantitative estimate of drug-likeness (QED) is 0.610. The number of rotatable bonds is 4. The van der Waals surface area contributed by atoms with Crippen LogP contribution in [0.3, 0.4) is 0 Å². The zero-order valence-corrected chi connectivity index (χ0v) is 19.0. The number of alkyl halides is 3. The highest BCUT2D eigenvalue weighted by Gasteiger charge is 2.62. The molecule has 2 aliphatic rings. The third-order valence-corrected chi connectivity index (χ3v) is 7.41. The first-order chi connectivity index (χ1) is 15.0. The van der Waals surface area contributed by atoms with E-state index in [0.717, 1.165) is 12.1 Å². The summed E-state index contributed by atoms with van der Waals surface area (Å²) in [5.41, 5.74) is -1.52. The first-order valence-corrected chi connectivity index (χ1v) is 11.8. The third kappa shape index (κ3) is 4.31. The van der Waals surface area contributed by atoms with Gasteiger partial charge in [-0.25, -0.2) is 0 Å². The van der Waals surface area contributed by atoms with Crippen LogP contribution in [0.15, 0.2) is 41.6 Å². The molecule has 2 aliphatic heterocycles. The molecular weight excluding hydrogens is 488 g/mol. The van der Waals surface area contributed by atoms with Crippen LogP contribution < -0.4 is 5.32 Å². The number of carbonyl (C=O) groups excluding carboxylic acids is 1. The second-order valence-electron chi connectivity index (χ2n) is 7.76. The molecule has 1 saturated heterocycles. The van der Waals surface area contributed by atoms with Crippen molar-refractivity contribution in [2.75, 3.05) is 11.5 Å². The topological polar surface area (TPSA) is 73.8 Å². The Morgan fingerprint density at radius 1 is 1.22 bits per heavy atom. The van der Waals surface area contributed by atoms with E-state index in [2.05, 4.69) is 10.5 Å². The minimum absolute atomic E-state index is 0.0506. The number of nitrogens with zero attached hydrogens (tertiary/aromatic N) is 1. The molecule has 2 heterocycles. The fourth-order valence-corrected chi connectivity index (χ4v) is 5.18. The number of hydrogen-bond donors (Lipinski definition) is 1. The van der Waals surface area contributed by atoms with Crippen molar-refractivity contribution in [3.63, 3.8) is 0 Å². The smallest absolute Gasteiger partial charge is 0.435 e. The first-order valence-electron chi connectivity index (χ1n) is 9.54. The highest BCUT2D eigenvalue weighted by Crippen LogP contribution is 2.49. The lowest BCUT2D eigenvalue weighted by atomic mass is 9.86. The first kappa shape index (κ1) is 23.2. The molecule has 1 amide bonds. The van der Waals surface area contributed by atoms with Crippen LogP contribution in [0.25, 0.3) is 0 Å². The second kappa shape index (κ2) is 8.44. The Morgan fingerprint density at radius 2 is 1.88 bits per heavy atom. The number of halogens is 5. The molecule has 170 valence electrons. The van der Waals surface area contributed by atoms with E-state index in [1.165, 1.54) is 18.2 Å². The molecule has 0 aromatic heterocycles. The van der Waals surface area contributed by atoms with E-state index in [1.54, 1.807) is 13.0 Å². The van der Waals surface area contributed by atoms with Crippen LogP contribution in [0.1, 0.15) is 33.5 Å². The Hall–Kier alpha value is -1.94. The fraction of sp³-hybridized carbons (Fsp3) is 0.333. The molecule has 1 fully saturated rings. The normalized spacial score (nSPS) is 25.0. The molecule has 0 unspecified atom stereocenters. The molecule has 5 nitrogen and oxygen atoms in total. The Morgan fingerprint density at radius 3 is 2.44 bits per heavy atom. The van der Waals surface area contributed by atoms with Gasteiger partial charge in [0.15, 0.2) is 0 Å². The van der Waals surface area contributed by atoms with Gasteiger partial charge >= 0.3 is 6.18 Å². The van der Waals surface area contributed by atoms with Crippen LogP contribution in [-0.2, 0) is 21.6 Å². The molecule has 2 aromatic rings. The highest BCUT2D eigenvalue weighted by atomic mass is 35.5. The lowest BCUT2D eigenvalue weighted by molar-refractivity contribution is -0.275. The zero-order valence-electron chi connectivity index (χ0n) is 16.6. The van der Waals surface area contributed by atoms with Gasteiger partial charge in [0.25, 0.3) is 11.5 Å². The van der Waals surface area contributed by atoms with Gasteiger partial charge < -0.3 is 14.7 Å². The summed E-state index contributed by atoms with van der Waals surface area (Å²) in [5, 5.41) is 6.63. The Kier molecular flexibility index (Phi) is 6.13. The van der Waals surface area contributed by atoms with E-state index in [0.29, 0.717) is 28.2 Å².